The van der Waals surface area contributed by atoms with E-state index in [9.17, 15) is 19.5 Å². The maximum atomic E-state index is 12.8. The van der Waals surface area contributed by atoms with Crippen LogP contribution in [0.4, 0.5) is 0 Å². The second-order valence-corrected chi connectivity index (χ2v) is 16.5. The molecule has 0 heterocycles. The smallest absolute Gasteiger partial charge is 0.326 e. The van der Waals surface area contributed by atoms with Gasteiger partial charge in [0.1, 0.15) is 12.1 Å². The van der Waals surface area contributed by atoms with Crippen molar-refractivity contribution < 1.29 is 24.2 Å². The topological polar surface area (TPSA) is 119 Å². The minimum atomic E-state index is -1.04. The monoisotopic (exact) mass is 837 g/mol. The van der Waals surface area contributed by atoms with Crippen LogP contribution >= 0.6 is 0 Å². The van der Waals surface area contributed by atoms with Crippen molar-refractivity contribution in [3.8, 4) is 0 Å². The van der Waals surface area contributed by atoms with Crippen LogP contribution < -0.4 is 11.1 Å². The number of aliphatic carboxylic acids is 1. The highest BCUT2D eigenvalue weighted by molar-refractivity contribution is 5.83. The van der Waals surface area contributed by atoms with E-state index in [4.69, 9.17) is 10.5 Å². The molecule has 0 aliphatic carbocycles. The molecule has 0 spiro atoms. The largest absolute Gasteiger partial charge is 0.480 e. The van der Waals surface area contributed by atoms with Crippen molar-refractivity contribution in [3.63, 3.8) is 0 Å². The van der Waals surface area contributed by atoms with Crippen LogP contribution in [0, 0.1) is 0 Å². The second kappa shape index (κ2) is 46.9. The summed E-state index contributed by atoms with van der Waals surface area (Å²) in [7, 11) is 0. The summed E-state index contributed by atoms with van der Waals surface area (Å²) in [4.78, 5) is 36.7. The summed E-state index contributed by atoms with van der Waals surface area (Å²) in [5, 5.41) is 12.0. The van der Waals surface area contributed by atoms with Gasteiger partial charge in [-0.25, -0.2) is 4.79 Å². The Morgan fingerprint density at radius 2 is 0.967 bits per heavy atom. The summed E-state index contributed by atoms with van der Waals surface area (Å²) in [5.74, 6) is -1.48. The summed E-state index contributed by atoms with van der Waals surface area (Å²) < 4.78 is 5.90. The van der Waals surface area contributed by atoms with Gasteiger partial charge in [0.05, 0.1) is 0 Å². The fourth-order valence-corrected chi connectivity index (χ4v) is 7.04. The fraction of sp³-hybridized carbons (Fsp3) is 0.717. The number of nitrogens with one attached hydrogen (secondary N) is 1. The summed E-state index contributed by atoms with van der Waals surface area (Å²) in [6.07, 6.45) is 61.2. The molecule has 7 nitrogen and oxygen atoms in total. The molecule has 0 fully saturated rings. The van der Waals surface area contributed by atoms with Gasteiger partial charge in [0.2, 0.25) is 5.91 Å². The zero-order valence-electron chi connectivity index (χ0n) is 38.8. The fourth-order valence-electron chi connectivity index (χ4n) is 7.04. The number of hydrogen-bond acceptors (Lipinski definition) is 5. The van der Waals surface area contributed by atoms with Crippen molar-refractivity contribution in [2.75, 3.05) is 6.54 Å². The number of hydrogen-bond donors (Lipinski definition) is 3. The lowest BCUT2D eigenvalue weighted by Gasteiger charge is -2.16. The Kier molecular flexibility index (Phi) is 44.4. The first-order valence-corrected chi connectivity index (χ1v) is 24.8. The molecule has 0 saturated carbocycles. The predicted octanol–water partition coefficient (Wildman–Crippen LogP) is 14.7. The predicted molar refractivity (Wildman–Crippen MR) is 257 cm³/mol. The number of allylic oxidation sites excluding steroid dienone is 11. The van der Waals surface area contributed by atoms with Gasteiger partial charge in [-0.1, -0.05) is 183 Å². The van der Waals surface area contributed by atoms with Gasteiger partial charge in [0.25, 0.3) is 0 Å². The van der Waals surface area contributed by atoms with E-state index >= 15 is 0 Å². The average molecular weight is 837 g/mol. The molecule has 0 aliphatic rings. The molecule has 0 aromatic carbocycles. The molecule has 0 rings (SSSR count). The van der Waals surface area contributed by atoms with E-state index in [0.29, 0.717) is 45.1 Å². The van der Waals surface area contributed by atoms with E-state index in [0.717, 1.165) is 51.4 Å². The molecule has 2 unspecified atom stereocenters. The first kappa shape index (κ1) is 56.8. The molecule has 4 N–H and O–H groups in total. The number of esters is 1. The third kappa shape index (κ3) is 42.9. The first-order chi connectivity index (χ1) is 29.4. The minimum Gasteiger partial charge on any atom is -0.480 e. The number of carboxylic acids is 1. The summed E-state index contributed by atoms with van der Waals surface area (Å²) in [6, 6.07) is -0.914. The summed E-state index contributed by atoms with van der Waals surface area (Å²) >= 11 is 0. The van der Waals surface area contributed by atoms with Crippen LogP contribution in [-0.2, 0) is 19.1 Å². The molecule has 0 saturated heterocycles. The van der Waals surface area contributed by atoms with Crippen LogP contribution in [0.5, 0.6) is 0 Å². The van der Waals surface area contributed by atoms with Gasteiger partial charge < -0.3 is 20.9 Å². The van der Waals surface area contributed by atoms with Crippen LogP contribution in [0.15, 0.2) is 72.9 Å². The van der Waals surface area contributed by atoms with Crippen LogP contribution in [0.25, 0.3) is 0 Å². The maximum Gasteiger partial charge on any atom is 0.326 e. The SMILES string of the molecule is CC/C=C\C/C=C\C/C=C\C/C=C\C/C=C\C(CCCCC(=O)NC(CCCN)C(=O)O)OC(=O)CCCCCCCCCCCCC/C=C\CCCCCCCCCC. The third-order valence-corrected chi connectivity index (χ3v) is 10.7. The standard InChI is InChI=1S/C53H92N2O5/c1-3-5-7-9-11-13-15-17-19-20-21-22-23-24-25-26-27-29-31-33-35-37-39-47-52(57)60-49(44-40-41-46-51(56)55-50(53(58)59)45-42-48-54)43-38-36-34-32-30-28-18-16-14-12-10-8-6-4-2/h6,8,12,14,18,20-21,28,32,34,38,43,49-50H,3-5,7,9-11,13,15-17,19,22-27,29-31,33,35-37,39-42,44-48,54H2,1-2H3,(H,55,56)(H,58,59)/b8-6-,14-12-,21-20-,28-18-,34-32-,43-38-. The number of ether oxygens (including phenoxy) is 1. The molecule has 2 atom stereocenters. The Morgan fingerprint density at radius 1 is 0.517 bits per heavy atom. The van der Waals surface area contributed by atoms with E-state index < -0.39 is 12.0 Å². The van der Waals surface area contributed by atoms with Crippen LogP contribution in [-0.4, -0.2) is 41.6 Å². The zero-order valence-corrected chi connectivity index (χ0v) is 38.8. The number of carbonyl (C=O) groups excluding carboxylic acids is 2. The molecule has 344 valence electrons. The van der Waals surface area contributed by atoms with Gasteiger partial charge in [0.15, 0.2) is 0 Å². The number of carbonyl (C=O) groups is 3. The third-order valence-electron chi connectivity index (χ3n) is 10.7. The van der Waals surface area contributed by atoms with Crippen molar-refractivity contribution in [1.82, 2.24) is 5.32 Å². The molecule has 0 aromatic heterocycles. The highest BCUT2D eigenvalue weighted by Crippen LogP contribution is 2.16. The number of unbranched alkanes of at least 4 members (excludes halogenated alkanes) is 20. The van der Waals surface area contributed by atoms with E-state index in [1.165, 1.54) is 116 Å². The molecule has 0 aromatic rings. The highest BCUT2D eigenvalue weighted by atomic mass is 16.5. The molecule has 7 heteroatoms. The van der Waals surface area contributed by atoms with Gasteiger partial charge >= 0.3 is 11.9 Å². The van der Waals surface area contributed by atoms with Crippen molar-refractivity contribution in [1.29, 1.82) is 0 Å². The molecule has 0 bridgehead atoms. The number of nitrogens with two attached hydrogens (primary N) is 1. The van der Waals surface area contributed by atoms with Crippen LogP contribution in [0.3, 0.4) is 0 Å². The number of amides is 1. The van der Waals surface area contributed by atoms with Crippen molar-refractivity contribution in [2.45, 2.75) is 238 Å². The van der Waals surface area contributed by atoms with E-state index in [1.807, 2.05) is 12.2 Å². The van der Waals surface area contributed by atoms with Crippen molar-refractivity contribution in [2.24, 2.45) is 5.73 Å². The molecule has 60 heavy (non-hydrogen) atoms. The van der Waals surface area contributed by atoms with Gasteiger partial charge in [-0.3, -0.25) is 9.59 Å². The molecule has 1 amide bonds. The maximum absolute atomic E-state index is 12.8. The average Bonchev–Trinajstić information content (AvgIpc) is 3.23. The van der Waals surface area contributed by atoms with Gasteiger partial charge in [-0.15, -0.1) is 0 Å². The highest BCUT2D eigenvalue weighted by Gasteiger charge is 2.19. The van der Waals surface area contributed by atoms with Crippen molar-refractivity contribution in [3.05, 3.63) is 72.9 Å². The lowest BCUT2D eigenvalue weighted by Crippen LogP contribution is -2.40. The second-order valence-electron chi connectivity index (χ2n) is 16.5. The molecule has 0 radical (unpaired) electrons. The summed E-state index contributed by atoms with van der Waals surface area (Å²) in [6.45, 7) is 4.81. The Balaban J connectivity index is 4.32. The van der Waals surface area contributed by atoms with E-state index in [1.54, 1.807) is 0 Å². The Bertz CT molecular complexity index is 1170. The Hall–Kier alpha value is -3.19. The number of rotatable bonds is 44. The lowest BCUT2D eigenvalue weighted by atomic mass is 10.0. The van der Waals surface area contributed by atoms with Crippen molar-refractivity contribution >= 4 is 17.8 Å². The van der Waals surface area contributed by atoms with Gasteiger partial charge in [-0.05, 0) is 109 Å². The lowest BCUT2D eigenvalue weighted by molar-refractivity contribution is -0.147. The summed E-state index contributed by atoms with van der Waals surface area (Å²) in [5.41, 5.74) is 5.51. The van der Waals surface area contributed by atoms with Gasteiger partial charge in [-0.2, -0.15) is 0 Å². The zero-order chi connectivity index (χ0) is 43.8. The Labute approximate surface area is 369 Å². The van der Waals surface area contributed by atoms with E-state index in [-0.39, 0.29) is 24.4 Å². The van der Waals surface area contributed by atoms with Crippen LogP contribution in [0.2, 0.25) is 0 Å². The van der Waals surface area contributed by atoms with Crippen LogP contribution in [0.1, 0.15) is 226 Å². The normalized spacial score (nSPS) is 13.2. The quantitative estimate of drug-likeness (QED) is 0.0319. The number of carboxylic acid groups (broad SMARTS) is 1. The van der Waals surface area contributed by atoms with Gasteiger partial charge in [0, 0.05) is 12.8 Å². The van der Waals surface area contributed by atoms with E-state index in [2.05, 4.69) is 79.9 Å². The molecular weight excluding hydrogens is 745 g/mol. The first-order valence-electron chi connectivity index (χ1n) is 24.8. The Morgan fingerprint density at radius 3 is 1.45 bits per heavy atom. The molecule has 0 aliphatic heterocycles. The molecular formula is C53H92N2O5. The minimum absolute atomic E-state index is 0.165.